The molecule has 0 aliphatic heterocycles. The Morgan fingerprint density at radius 3 is 2.68 bits per heavy atom. The van der Waals surface area contributed by atoms with Gasteiger partial charge in [0, 0.05) is 18.4 Å². The van der Waals surface area contributed by atoms with Crippen LogP contribution in [0.15, 0.2) is 30.5 Å². The van der Waals surface area contributed by atoms with Crippen molar-refractivity contribution in [3.8, 4) is 0 Å². The first-order valence-electron chi connectivity index (χ1n) is 7.60. The lowest BCUT2D eigenvalue weighted by atomic mass is 10.1. The largest absolute Gasteiger partial charge is 0.354 e. The molecule has 0 amide bonds. The van der Waals surface area contributed by atoms with E-state index in [2.05, 4.69) is 71.6 Å². The van der Waals surface area contributed by atoms with Crippen molar-refractivity contribution in [1.29, 1.82) is 0 Å². The molecule has 0 unspecified atom stereocenters. The van der Waals surface area contributed by atoms with Crippen molar-refractivity contribution < 1.29 is 0 Å². The molecular formula is C17H25N5. The van der Waals surface area contributed by atoms with E-state index in [1.807, 2.05) is 6.07 Å². The minimum atomic E-state index is 0.661. The fourth-order valence-corrected chi connectivity index (χ4v) is 2.20. The summed E-state index contributed by atoms with van der Waals surface area (Å²) in [4.78, 5) is 10.9. The van der Waals surface area contributed by atoms with Crippen molar-refractivity contribution in [2.75, 3.05) is 37.8 Å². The summed E-state index contributed by atoms with van der Waals surface area (Å²) in [6.45, 7) is 6.10. The van der Waals surface area contributed by atoms with E-state index in [0.717, 1.165) is 31.0 Å². The number of aryl methyl sites for hydroxylation is 2. The molecule has 118 valence electrons. The Morgan fingerprint density at radius 1 is 1.14 bits per heavy atom. The SMILES string of the molecule is Cc1ccc(Nc2ccnc(NCCCN(C)C)n2)c(C)c1. The normalized spacial score (nSPS) is 10.8. The van der Waals surface area contributed by atoms with Crippen molar-refractivity contribution >= 4 is 17.5 Å². The topological polar surface area (TPSA) is 53.1 Å². The maximum Gasteiger partial charge on any atom is 0.224 e. The summed E-state index contributed by atoms with van der Waals surface area (Å²) in [7, 11) is 4.15. The Bertz CT molecular complexity index is 610. The molecule has 0 saturated heterocycles. The molecule has 0 aliphatic rings. The maximum atomic E-state index is 4.50. The third-order valence-corrected chi connectivity index (χ3v) is 3.37. The number of benzene rings is 1. The summed E-state index contributed by atoms with van der Waals surface area (Å²) in [5.41, 5.74) is 3.54. The molecule has 0 fully saturated rings. The molecule has 0 spiro atoms. The maximum absolute atomic E-state index is 4.50. The second-order valence-electron chi connectivity index (χ2n) is 5.79. The van der Waals surface area contributed by atoms with Crippen molar-refractivity contribution in [3.05, 3.63) is 41.6 Å². The van der Waals surface area contributed by atoms with Crippen LogP contribution in [0.25, 0.3) is 0 Å². The van der Waals surface area contributed by atoms with Gasteiger partial charge < -0.3 is 15.5 Å². The molecule has 5 nitrogen and oxygen atoms in total. The van der Waals surface area contributed by atoms with Crippen LogP contribution in [0.5, 0.6) is 0 Å². The average Bonchev–Trinajstić information content (AvgIpc) is 2.47. The highest BCUT2D eigenvalue weighted by Crippen LogP contribution is 2.20. The first kappa shape index (κ1) is 16.2. The minimum absolute atomic E-state index is 0.661. The molecule has 22 heavy (non-hydrogen) atoms. The molecule has 2 aromatic rings. The molecule has 0 atom stereocenters. The van der Waals surface area contributed by atoms with E-state index in [1.165, 1.54) is 11.1 Å². The fourth-order valence-electron chi connectivity index (χ4n) is 2.20. The highest BCUT2D eigenvalue weighted by Gasteiger charge is 2.02. The zero-order valence-electron chi connectivity index (χ0n) is 13.8. The van der Waals surface area contributed by atoms with Gasteiger partial charge in [-0.3, -0.25) is 0 Å². The van der Waals surface area contributed by atoms with Gasteiger partial charge in [0.25, 0.3) is 0 Å². The monoisotopic (exact) mass is 299 g/mol. The van der Waals surface area contributed by atoms with Gasteiger partial charge in [-0.05, 0) is 58.6 Å². The van der Waals surface area contributed by atoms with E-state index in [0.29, 0.717) is 5.95 Å². The Hall–Kier alpha value is -2.14. The van der Waals surface area contributed by atoms with Crippen molar-refractivity contribution in [2.45, 2.75) is 20.3 Å². The van der Waals surface area contributed by atoms with Crippen molar-refractivity contribution in [1.82, 2.24) is 14.9 Å². The zero-order valence-corrected chi connectivity index (χ0v) is 13.8. The van der Waals surface area contributed by atoms with Gasteiger partial charge in [0.2, 0.25) is 5.95 Å². The van der Waals surface area contributed by atoms with Gasteiger partial charge in [0.1, 0.15) is 5.82 Å². The summed E-state index contributed by atoms with van der Waals surface area (Å²) in [5, 5.41) is 6.61. The van der Waals surface area contributed by atoms with E-state index in [4.69, 9.17) is 0 Å². The predicted molar refractivity (Wildman–Crippen MR) is 92.9 cm³/mol. The molecule has 1 heterocycles. The highest BCUT2D eigenvalue weighted by atomic mass is 15.1. The van der Waals surface area contributed by atoms with Crippen LogP contribution in [0.4, 0.5) is 17.5 Å². The molecule has 2 N–H and O–H groups in total. The van der Waals surface area contributed by atoms with Crippen LogP contribution in [0.1, 0.15) is 17.5 Å². The Balaban J connectivity index is 1.96. The lowest BCUT2D eigenvalue weighted by Crippen LogP contribution is -2.17. The Morgan fingerprint density at radius 2 is 1.95 bits per heavy atom. The summed E-state index contributed by atoms with van der Waals surface area (Å²) >= 11 is 0. The predicted octanol–water partition coefficient (Wildman–Crippen LogP) is 3.20. The van der Waals surface area contributed by atoms with E-state index in [1.54, 1.807) is 6.20 Å². The molecule has 0 saturated carbocycles. The number of aromatic nitrogens is 2. The van der Waals surface area contributed by atoms with Crippen molar-refractivity contribution in [2.24, 2.45) is 0 Å². The van der Waals surface area contributed by atoms with Crippen LogP contribution in [0.3, 0.4) is 0 Å². The number of rotatable bonds is 7. The lowest BCUT2D eigenvalue weighted by Gasteiger charge is -2.12. The van der Waals surface area contributed by atoms with Gasteiger partial charge in [-0.2, -0.15) is 4.98 Å². The minimum Gasteiger partial charge on any atom is -0.354 e. The van der Waals surface area contributed by atoms with Gasteiger partial charge in [0.05, 0.1) is 0 Å². The molecule has 5 heteroatoms. The summed E-state index contributed by atoms with van der Waals surface area (Å²) in [5.74, 6) is 1.46. The standard InChI is InChI=1S/C17H25N5/c1-13-6-7-15(14(2)12-13)20-16-8-10-19-17(21-16)18-9-5-11-22(3)4/h6-8,10,12H,5,9,11H2,1-4H3,(H2,18,19,20,21). The number of nitrogens with one attached hydrogen (secondary N) is 2. The van der Waals surface area contributed by atoms with Gasteiger partial charge in [-0.15, -0.1) is 0 Å². The third kappa shape index (κ3) is 5.00. The van der Waals surface area contributed by atoms with Gasteiger partial charge in [0.15, 0.2) is 0 Å². The van der Waals surface area contributed by atoms with Gasteiger partial charge in [-0.1, -0.05) is 17.7 Å². The van der Waals surface area contributed by atoms with Gasteiger partial charge >= 0.3 is 0 Å². The van der Waals surface area contributed by atoms with Gasteiger partial charge in [-0.25, -0.2) is 4.98 Å². The Labute approximate surface area is 132 Å². The average molecular weight is 299 g/mol. The molecular weight excluding hydrogens is 274 g/mol. The zero-order chi connectivity index (χ0) is 15.9. The summed E-state index contributed by atoms with van der Waals surface area (Å²) < 4.78 is 0. The molecule has 0 bridgehead atoms. The smallest absolute Gasteiger partial charge is 0.224 e. The molecule has 1 aromatic carbocycles. The second kappa shape index (κ2) is 7.75. The number of hydrogen-bond acceptors (Lipinski definition) is 5. The lowest BCUT2D eigenvalue weighted by molar-refractivity contribution is 0.405. The van der Waals surface area contributed by atoms with Crippen LogP contribution in [-0.2, 0) is 0 Å². The van der Waals surface area contributed by atoms with E-state index >= 15 is 0 Å². The van der Waals surface area contributed by atoms with E-state index in [9.17, 15) is 0 Å². The molecule has 2 rings (SSSR count). The molecule has 1 aromatic heterocycles. The van der Waals surface area contributed by atoms with Crippen LogP contribution in [-0.4, -0.2) is 42.1 Å². The van der Waals surface area contributed by atoms with Crippen molar-refractivity contribution in [3.63, 3.8) is 0 Å². The first-order chi connectivity index (χ1) is 10.5. The number of anilines is 3. The van der Waals surface area contributed by atoms with E-state index < -0.39 is 0 Å². The number of nitrogens with zero attached hydrogens (tertiary/aromatic N) is 3. The Kier molecular flexibility index (Phi) is 5.72. The quantitative estimate of drug-likeness (QED) is 0.769. The summed E-state index contributed by atoms with van der Waals surface area (Å²) in [6.07, 6.45) is 2.83. The highest BCUT2D eigenvalue weighted by molar-refractivity contribution is 5.61. The first-order valence-corrected chi connectivity index (χ1v) is 7.60. The molecule has 0 aliphatic carbocycles. The third-order valence-electron chi connectivity index (χ3n) is 3.37. The fraction of sp³-hybridized carbons (Fsp3) is 0.412. The second-order valence-corrected chi connectivity index (χ2v) is 5.79. The number of hydrogen-bond donors (Lipinski definition) is 2. The van der Waals surface area contributed by atoms with Crippen LogP contribution in [0, 0.1) is 13.8 Å². The summed E-state index contributed by atoms with van der Waals surface area (Å²) in [6, 6.07) is 8.21. The van der Waals surface area contributed by atoms with Crippen LogP contribution in [0.2, 0.25) is 0 Å². The van der Waals surface area contributed by atoms with Crippen LogP contribution < -0.4 is 10.6 Å². The molecule has 0 radical (unpaired) electrons. The van der Waals surface area contributed by atoms with Crippen LogP contribution >= 0.6 is 0 Å². The van der Waals surface area contributed by atoms with E-state index in [-0.39, 0.29) is 0 Å².